The van der Waals surface area contributed by atoms with Crippen LogP contribution in [0.1, 0.15) is 6.92 Å². The van der Waals surface area contributed by atoms with E-state index in [1.165, 1.54) is 12.2 Å². The third-order valence-corrected chi connectivity index (χ3v) is 1.20. The van der Waals surface area contributed by atoms with Gasteiger partial charge in [0.25, 0.3) is 0 Å². The Morgan fingerprint density at radius 3 is 2.57 bits per heavy atom. The van der Waals surface area contributed by atoms with Crippen LogP contribution >= 0.6 is 0 Å². The molecule has 0 saturated carbocycles. The van der Waals surface area contributed by atoms with E-state index in [9.17, 15) is 4.79 Å². The molecule has 0 unspecified atom stereocenters. The zero-order valence-corrected chi connectivity index (χ0v) is 8.38. The number of hydrogen-bond acceptors (Lipinski definition) is 2. The lowest BCUT2D eigenvalue weighted by molar-refractivity contribution is 0.161. The third kappa shape index (κ3) is 5.83. The van der Waals surface area contributed by atoms with Crippen LogP contribution in [0.5, 0.6) is 0 Å². The molecule has 0 saturated heterocycles. The largest absolute Gasteiger partial charge is 0.445 e. The summed E-state index contributed by atoms with van der Waals surface area (Å²) in [7, 11) is 0. The second-order valence-corrected chi connectivity index (χ2v) is 2.66. The van der Waals surface area contributed by atoms with Crippen LogP contribution in [0.2, 0.25) is 0 Å². The molecule has 0 aromatic rings. The number of hydrogen-bond donors (Lipinski definition) is 1. The molecule has 76 valence electrons. The average molecular weight is 193 g/mol. The number of allylic oxidation sites excluding steroid dienone is 3. The van der Waals surface area contributed by atoms with E-state index in [1.54, 1.807) is 6.08 Å². The van der Waals surface area contributed by atoms with Gasteiger partial charge in [0.05, 0.1) is 0 Å². The molecule has 1 amide bonds. The van der Waals surface area contributed by atoms with Crippen molar-refractivity contribution in [2.45, 2.75) is 6.92 Å². The molecule has 0 heterocycles. The zero-order chi connectivity index (χ0) is 11.0. The predicted octanol–water partition coefficient (Wildman–Crippen LogP) is 2.54. The highest BCUT2D eigenvalue weighted by Crippen LogP contribution is 1.98. The lowest BCUT2D eigenvalue weighted by Gasteiger charge is -2.05. The Hall–Kier alpha value is -1.77. The van der Waals surface area contributed by atoms with Crippen LogP contribution in [0.3, 0.4) is 0 Å². The van der Waals surface area contributed by atoms with Crippen LogP contribution in [0.15, 0.2) is 49.2 Å². The van der Waals surface area contributed by atoms with E-state index in [1.807, 2.05) is 6.92 Å². The van der Waals surface area contributed by atoms with Crippen LogP contribution in [-0.4, -0.2) is 12.7 Å². The first kappa shape index (κ1) is 12.2. The van der Waals surface area contributed by atoms with E-state index >= 15 is 0 Å². The molecule has 0 bridgehead atoms. The van der Waals surface area contributed by atoms with Gasteiger partial charge in [-0.3, -0.25) is 5.32 Å². The topological polar surface area (TPSA) is 38.3 Å². The second-order valence-electron chi connectivity index (χ2n) is 2.66. The van der Waals surface area contributed by atoms with Gasteiger partial charge in [-0.1, -0.05) is 31.4 Å². The number of nitrogens with one attached hydrogen (secondary N) is 1. The average Bonchev–Trinajstić information content (AvgIpc) is 2.12. The lowest BCUT2D eigenvalue weighted by Crippen LogP contribution is -2.22. The standard InChI is InChI=1S/C11H15NO2/c1-5-7-14-11(13)12-10(6-2)8-9(3)4/h5-6,8H,1-3,7H2,4H3,(H,12,13)/b10-8+. The van der Waals surface area contributed by atoms with Crippen LogP contribution in [-0.2, 0) is 4.74 Å². The summed E-state index contributed by atoms with van der Waals surface area (Å²) in [5, 5.41) is 2.51. The van der Waals surface area contributed by atoms with Gasteiger partial charge in [-0.25, -0.2) is 4.79 Å². The van der Waals surface area contributed by atoms with Crippen molar-refractivity contribution in [1.29, 1.82) is 0 Å². The minimum absolute atomic E-state index is 0.184. The fourth-order valence-corrected chi connectivity index (χ4v) is 0.700. The van der Waals surface area contributed by atoms with E-state index in [0.717, 1.165) is 5.57 Å². The number of carbonyl (C=O) groups excluding carboxylic acids is 1. The first-order chi connectivity index (χ1) is 6.60. The minimum atomic E-state index is -0.530. The SMILES string of the molecule is C=CCOC(=O)N/C(C=C)=C/C(=C)C. The van der Waals surface area contributed by atoms with Gasteiger partial charge >= 0.3 is 6.09 Å². The highest BCUT2D eigenvalue weighted by atomic mass is 16.5. The normalized spacial score (nSPS) is 10.2. The van der Waals surface area contributed by atoms with Gasteiger partial charge in [-0.15, -0.1) is 0 Å². The molecule has 0 rings (SSSR count). The lowest BCUT2D eigenvalue weighted by atomic mass is 10.3. The molecule has 3 heteroatoms. The molecule has 0 aliphatic carbocycles. The number of alkyl carbamates (subject to hydrolysis) is 1. The summed E-state index contributed by atoms with van der Waals surface area (Å²) in [6.45, 7) is 12.7. The van der Waals surface area contributed by atoms with Crippen molar-refractivity contribution >= 4 is 6.09 Å². The molecule has 3 nitrogen and oxygen atoms in total. The Balaban J connectivity index is 4.18. The van der Waals surface area contributed by atoms with E-state index in [4.69, 9.17) is 4.74 Å². The van der Waals surface area contributed by atoms with E-state index < -0.39 is 6.09 Å². The van der Waals surface area contributed by atoms with Crippen molar-refractivity contribution < 1.29 is 9.53 Å². The van der Waals surface area contributed by atoms with Crippen molar-refractivity contribution in [2.24, 2.45) is 0 Å². The fourth-order valence-electron chi connectivity index (χ4n) is 0.700. The first-order valence-corrected chi connectivity index (χ1v) is 4.14. The molecule has 14 heavy (non-hydrogen) atoms. The quantitative estimate of drug-likeness (QED) is 0.538. The monoisotopic (exact) mass is 193 g/mol. The van der Waals surface area contributed by atoms with Gasteiger partial charge in [0.15, 0.2) is 0 Å². The Bertz CT molecular complexity index is 277. The molecule has 0 atom stereocenters. The first-order valence-electron chi connectivity index (χ1n) is 4.14. The molecule has 0 aliphatic heterocycles. The maximum atomic E-state index is 11.1. The van der Waals surface area contributed by atoms with Gasteiger partial charge < -0.3 is 4.74 Å². The van der Waals surface area contributed by atoms with E-state index in [0.29, 0.717) is 5.70 Å². The Morgan fingerprint density at radius 2 is 2.14 bits per heavy atom. The summed E-state index contributed by atoms with van der Waals surface area (Å²) in [5.41, 5.74) is 1.38. The number of amides is 1. The molecule has 0 spiro atoms. The molecule has 0 aromatic carbocycles. The maximum absolute atomic E-state index is 11.1. The maximum Gasteiger partial charge on any atom is 0.411 e. The molecule has 0 aliphatic rings. The van der Waals surface area contributed by atoms with Gasteiger partial charge in [-0.05, 0) is 19.1 Å². The van der Waals surface area contributed by atoms with Crippen LogP contribution < -0.4 is 5.32 Å². The summed E-state index contributed by atoms with van der Waals surface area (Å²) < 4.78 is 4.72. The smallest absolute Gasteiger partial charge is 0.411 e. The highest BCUT2D eigenvalue weighted by molar-refractivity contribution is 5.70. The Morgan fingerprint density at radius 1 is 1.50 bits per heavy atom. The summed E-state index contributed by atoms with van der Waals surface area (Å²) in [5.74, 6) is 0. The van der Waals surface area contributed by atoms with Crippen LogP contribution in [0.4, 0.5) is 4.79 Å². The molecule has 0 radical (unpaired) electrons. The molecule has 0 fully saturated rings. The summed E-state index contributed by atoms with van der Waals surface area (Å²) in [6.07, 6.45) is 4.18. The summed E-state index contributed by atoms with van der Waals surface area (Å²) in [4.78, 5) is 11.1. The number of rotatable bonds is 5. The van der Waals surface area contributed by atoms with Crippen molar-refractivity contribution in [2.75, 3.05) is 6.61 Å². The van der Waals surface area contributed by atoms with Crippen molar-refractivity contribution in [3.63, 3.8) is 0 Å². The van der Waals surface area contributed by atoms with Crippen molar-refractivity contribution in [3.8, 4) is 0 Å². The Kier molecular flexibility index (Phi) is 5.87. The van der Waals surface area contributed by atoms with Crippen molar-refractivity contribution in [1.82, 2.24) is 5.32 Å². The highest BCUT2D eigenvalue weighted by Gasteiger charge is 2.00. The van der Waals surface area contributed by atoms with Gasteiger partial charge in [-0.2, -0.15) is 0 Å². The summed E-state index contributed by atoms with van der Waals surface area (Å²) in [6, 6.07) is 0. The van der Waals surface area contributed by atoms with Gasteiger partial charge in [0.1, 0.15) is 6.61 Å². The molecule has 1 N–H and O–H groups in total. The third-order valence-electron chi connectivity index (χ3n) is 1.20. The van der Waals surface area contributed by atoms with Crippen LogP contribution in [0.25, 0.3) is 0 Å². The van der Waals surface area contributed by atoms with E-state index in [2.05, 4.69) is 25.1 Å². The molecule has 0 aromatic heterocycles. The summed E-state index contributed by atoms with van der Waals surface area (Å²) >= 11 is 0. The van der Waals surface area contributed by atoms with Gasteiger partial charge in [0.2, 0.25) is 0 Å². The minimum Gasteiger partial charge on any atom is -0.445 e. The van der Waals surface area contributed by atoms with Crippen LogP contribution in [0, 0.1) is 0 Å². The Labute approximate surface area is 84.5 Å². The molecular weight excluding hydrogens is 178 g/mol. The van der Waals surface area contributed by atoms with Crippen molar-refractivity contribution in [3.05, 3.63) is 49.2 Å². The van der Waals surface area contributed by atoms with Gasteiger partial charge in [0, 0.05) is 5.70 Å². The number of carbonyl (C=O) groups is 1. The molecular formula is C11H15NO2. The predicted molar refractivity (Wildman–Crippen MR) is 57.8 cm³/mol. The zero-order valence-electron chi connectivity index (χ0n) is 8.38. The van der Waals surface area contributed by atoms with E-state index in [-0.39, 0.29) is 6.61 Å². The second kappa shape index (κ2) is 6.71. The fraction of sp³-hybridized carbons (Fsp3) is 0.182. The number of ether oxygens (including phenoxy) is 1.